The van der Waals surface area contributed by atoms with Crippen LogP contribution in [0.4, 0.5) is 10.6 Å². The predicted octanol–water partition coefficient (Wildman–Crippen LogP) is 1.62. The van der Waals surface area contributed by atoms with Gasteiger partial charge in [-0.2, -0.15) is 0 Å². The highest BCUT2D eigenvalue weighted by Crippen LogP contribution is 2.33. The molecule has 2 N–H and O–H groups in total. The van der Waals surface area contributed by atoms with E-state index < -0.39 is 5.60 Å². The van der Waals surface area contributed by atoms with Crippen LogP contribution in [0.1, 0.15) is 11.3 Å². The van der Waals surface area contributed by atoms with Gasteiger partial charge < -0.3 is 10.0 Å². The Morgan fingerprint density at radius 1 is 1.45 bits per heavy atom. The topological polar surface area (TPSA) is 83.3 Å². The Kier molecular flexibility index (Phi) is 3.65. The molecule has 22 heavy (non-hydrogen) atoms. The second-order valence-corrected chi connectivity index (χ2v) is 6.39. The van der Waals surface area contributed by atoms with E-state index in [1.807, 2.05) is 31.2 Å². The zero-order valence-corrected chi connectivity index (χ0v) is 13.8. The van der Waals surface area contributed by atoms with Crippen molar-refractivity contribution in [3.05, 3.63) is 40.0 Å². The maximum absolute atomic E-state index is 12.2. The van der Waals surface area contributed by atoms with Crippen molar-refractivity contribution < 1.29 is 9.90 Å². The third-order valence-electron chi connectivity index (χ3n) is 3.89. The summed E-state index contributed by atoms with van der Waals surface area (Å²) in [7, 11) is 1.76. The van der Waals surface area contributed by atoms with Crippen LogP contribution in [0.25, 0.3) is 0 Å². The fraction of sp³-hybridized carbons (Fsp3) is 0.357. The molecule has 116 valence electrons. The minimum Gasteiger partial charge on any atom is -0.381 e. The fourth-order valence-electron chi connectivity index (χ4n) is 2.39. The first-order valence-corrected chi connectivity index (χ1v) is 7.59. The third-order valence-corrected chi connectivity index (χ3v) is 4.38. The molecule has 1 aromatic heterocycles. The molecule has 0 saturated carbocycles. The van der Waals surface area contributed by atoms with E-state index in [2.05, 4.69) is 31.6 Å². The first kappa shape index (κ1) is 15.0. The van der Waals surface area contributed by atoms with Crippen LogP contribution in [0, 0.1) is 6.92 Å². The number of amides is 2. The zero-order chi connectivity index (χ0) is 15.9. The van der Waals surface area contributed by atoms with Gasteiger partial charge in [0, 0.05) is 11.5 Å². The molecular weight excluding hydrogens is 350 g/mol. The molecule has 8 heteroatoms. The van der Waals surface area contributed by atoms with Gasteiger partial charge in [-0.15, -0.1) is 5.10 Å². The number of carbonyl (C=O) groups excluding carboxylic acids is 1. The number of aliphatic hydroxyl groups is 1. The number of hydrogen-bond acceptors (Lipinski definition) is 4. The molecule has 2 heterocycles. The van der Waals surface area contributed by atoms with Crippen molar-refractivity contribution in [1.29, 1.82) is 0 Å². The maximum Gasteiger partial charge on any atom is 0.323 e. The molecule has 1 fully saturated rings. The number of hydrogen-bond donors (Lipinski definition) is 2. The third kappa shape index (κ3) is 2.59. The summed E-state index contributed by atoms with van der Waals surface area (Å²) in [6.45, 7) is 2.31. The number of halogens is 1. The first-order valence-electron chi connectivity index (χ1n) is 6.80. The Morgan fingerprint density at radius 3 is 2.77 bits per heavy atom. The molecule has 3 rings (SSSR count). The summed E-state index contributed by atoms with van der Waals surface area (Å²) in [6, 6.07) is 7.19. The van der Waals surface area contributed by atoms with Crippen molar-refractivity contribution >= 4 is 27.8 Å². The Labute approximate surface area is 136 Å². The number of aromatic nitrogens is 3. The summed E-state index contributed by atoms with van der Waals surface area (Å²) >= 11 is 3.38. The highest BCUT2D eigenvalue weighted by Gasteiger charge is 2.45. The van der Waals surface area contributed by atoms with Gasteiger partial charge in [-0.1, -0.05) is 33.3 Å². The molecule has 0 bridgehead atoms. The Bertz CT molecular complexity index is 724. The highest BCUT2D eigenvalue weighted by molar-refractivity contribution is 9.10. The van der Waals surface area contributed by atoms with Crippen molar-refractivity contribution in [1.82, 2.24) is 19.9 Å². The highest BCUT2D eigenvalue weighted by atomic mass is 79.9. The molecular formula is C14H16BrN5O2. The number of carbonyl (C=O) groups is 1. The molecule has 2 amide bonds. The normalized spacial score (nSPS) is 16.3. The van der Waals surface area contributed by atoms with Crippen LogP contribution in [0.2, 0.25) is 0 Å². The van der Waals surface area contributed by atoms with Gasteiger partial charge in [-0.05, 0) is 24.6 Å². The molecule has 0 spiro atoms. The van der Waals surface area contributed by atoms with E-state index in [0.29, 0.717) is 5.82 Å². The Balaban J connectivity index is 1.65. The van der Waals surface area contributed by atoms with Gasteiger partial charge in [-0.25, -0.2) is 4.79 Å². The molecule has 1 aromatic carbocycles. The van der Waals surface area contributed by atoms with Gasteiger partial charge in [0.05, 0.1) is 18.8 Å². The van der Waals surface area contributed by atoms with E-state index in [1.165, 1.54) is 4.90 Å². The number of aryl methyl sites for hydroxylation is 1. The summed E-state index contributed by atoms with van der Waals surface area (Å²) in [6.07, 6.45) is 0. The lowest BCUT2D eigenvalue weighted by molar-refractivity contribution is -0.0793. The van der Waals surface area contributed by atoms with Gasteiger partial charge in [-0.3, -0.25) is 10.00 Å². The van der Waals surface area contributed by atoms with Crippen LogP contribution < -0.4 is 5.32 Å². The molecule has 0 unspecified atom stereocenters. The lowest BCUT2D eigenvalue weighted by atomic mass is 9.86. The minimum atomic E-state index is -1.00. The number of rotatable bonds is 2. The summed E-state index contributed by atoms with van der Waals surface area (Å²) in [5.41, 5.74) is 0.566. The molecule has 7 nitrogen and oxygen atoms in total. The molecule has 1 aliphatic rings. The standard InChI is InChI=1S/C14H16BrN5O2/c1-9-12(17-18-19(9)2)16-13(21)20-7-14(22,8-20)10-4-3-5-11(15)6-10/h3-6,22H,7-8H2,1-2H3,(H,16,21). The molecule has 0 atom stereocenters. The number of anilines is 1. The molecule has 2 aromatic rings. The maximum atomic E-state index is 12.2. The van der Waals surface area contributed by atoms with Gasteiger partial charge >= 0.3 is 6.03 Å². The molecule has 1 aliphatic heterocycles. The van der Waals surface area contributed by atoms with Crippen molar-refractivity contribution in [2.45, 2.75) is 12.5 Å². The van der Waals surface area contributed by atoms with Crippen LogP contribution in [-0.4, -0.2) is 44.1 Å². The van der Waals surface area contributed by atoms with E-state index in [0.717, 1.165) is 15.7 Å². The minimum absolute atomic E-state index is 0.245. The average molecular weight is 366 g/mol. The number of nitrogens with one attached hydrogen (secondary N) is 1. The second kappa shape index (κ2) is 5.36. The van der Waals surface area contributed by atoms with E-state index >= 15 is 0 Å². The summed E-state index contributed by atoms with van der Waals surface area (Å²) in [5.74, 6) is 0.436. The van der Waals surface area contributed by atoms with E-state index in [9.17, 15) is 9.90 Å². The largest absolute Gasteiger partial charge is 0.381 e. The molecule has 0 aliphatic carbocycles. The summed E-state index contributed by atoms with van der Waals surface area (Å²) in [4.78, 5) is 13.7. The zero-order valence-electron chi connectivity index (χ0n) is 12.2. The van der Waals surface area contributed by atoms with Crippen LogP contribution in [0.3, 0.4) is 0 Å². The van der Waals surface area contributed by atoms with Gasteiger partial charge in [0.1, 0.15) is 5.60 Å². The number of urea groups is 1. The van der Waals surface area contributed by atoms with Gasteiger partial charge in [0.25, 0.3) is 0 Å². The molecule has 1 saturated heterocycles. The average Bonchev–Trinajstić information content (AvgIpc) is 2.76. The van der Waals surface area contributed by atoms with Crippen LogP contribution >= 0.6 is 15.9 Å². The van der Waals surface area contributed by atoms with Gasteiger partial charge in [0.15, 0.2) is 5.82 Å². The van der Waals surface area contributed by atoms with E-state index in [-0.39, 0.29) is 19.1 Å². The van der Waals surface area contributed by atoms with Crippen LogP contribution in [0.15, 0.2) is 28.7 Å². The van der Waals surface area contributed by atoms with Crippen molar-refractivity contribution in [3.8, 4) is 0 Å². The fourth-order valence-corrected chi connectivity index (χ4v) is 2.79. The quantitative estimate of drug-likeness (QED) is 0.846. The van der Waals surface area contributed by atoms with Crippen molar-refractivity contribution in [2.75, 3.05) is 18.4 Å². The summed E-state index contributed by atoms with van der Waals surface area (Å²) in [5, 5.41) is 21.0. The smallest absolute Gasteiger partial charge is 0.323 e. The second-order valence-electron chi connectivity index (χ2n) is 5.48. The number of nitrogens with zero attached hydrogens (tertiary/aromatic N) is 4. The Hall–Kier alpha value is -1.93. The number of β-amino-alcohol motifs (C(OH)–C–C–N with tert-alkyl or cyclic N) is 1. The van der Waals surface area contributed by atoms with Crippen molar-refractivity contribution in [2.24, 2.45) is 7.05 Å². The number of benzene rings is 1. The molecule has 0 radical (unpaired) electrons. The van der Waals surface area contributed by atoms with E-state index in [4.69, 9.17) is 0 Å². The predicted molar refractivity (Wildman–Crippen MR) is 84.4 cm³/mol. The summed E-state index contributed by atoms with van der Waals surface area (Å²) < 4.78 is 2.49. The first-order chi connectivity index (χ1) is 10.4. The lowest BCUT2D eigenvalue weighted by Crippen LogP contribution is -2.62. The SMILES string of the molecule is Cc1c(NC(=O)N2CC(O)(c3cccc(Br)c3)C2)nnn1C. The number of likely N-dealkylation sites (tertiary alicyclic amines) is 1. The van der Waals surface area contributed by atoms with E-state index in [1.54, 1.807) is 11.7 Å². The van der Waals surface area contributed by atoms with Crippen molar-refractivity contribution in [3.63, 3.8) is 0 Å². The van der Waals surface area contributed by atoms with Gasteiger partial charge in [0.2, 0.25) is 0 Å². The monoisotopic (exact) mass is 365 g/mol. The Morgan fingerprint density at radius 2 is 2.18 bits per heavy atom. The van der Waals surface area contributed by atoms with Crippen LogP contribution in [-0.2, 0) is 12.6 Å². The van der Waals surface area contributed by atoms with Crippen LogP contribution in [0.5, 0.6) is 0 Å². The lowest BCUT2D eigenvalue weighted by Gasteiger charge is -2.46.